The molecule has 1 amide bonds. The van der Waals surface area contributed by atoms with Gasteiger partial charge in [-0.15, -0.1) is 0 Å². The second-order valence-electron chi connectivity index (χ2n) is 6.92. The van der Waals surface area contributed by atoms with Gasteiger partial charge >= 0.3 is 0 Å². The van der Waals surface area contributed by atoms with Crippen LogP contribution in [0.1, 0.15) is 38.2 Å². The van der Waals surface area contributed by atoms with Crippen molar-refractivity contribution in [1.82, 2.24) is 10.2 Å². The number of amides is 1. The van der Waals surface area contributed by atoms with Gasteiger partial charge in [0.1, 0.15) is 0 Å². The highest BCUT2D eigenvalue weighted by atomic mass is 16.2. The van der Waals surface area contributed by atoms with Crippen molar-refractivity contribution >= 4 is 11.6 Å². The fourth-order valence-electron chi connectivity index (χ4n) is 3.85. The number of nitrogens with one attached hydrogen (secondary N) is 2. The van der Waals surface area contributed by atoms with Crippen LogP contribution in [0.2, 0.25) is 0 Å². The number of hydrogen-bond donors (Lipinski definition) is 2. The van der Waals surface area contributed by atoms with Gasteiger partial charge in [0.25, 0.3) is 0 Å². The molecule has 2 saturated heterocycles. The fraction of sp³-hybridized carbons (Fsp3) is 0.632. The zero-order valence-corrected chi connectivity index (χ0v) is 14.2. The minimum atomic E-state index is 0.103. The summed E-state index contributed by atoms with van der Waals surface area (Å²) >= 11 is 0. The molecule has 4 heteroatoms. The standard InChI is InChI=1S/C19H29N3O/c1-2-15-5-7-17(8-6-15)21-19(23)14-22-12-9-16(10-13-22)18-4-3-11-20-18/h5-8,16,18,20H,2-4,9-14H2,1H3,(H,21,23). The smallest absolute Gasteiger partial charge is 0.238 e. The normalized spacial score (nSPS) is 23.1. The Kier molecular flexibility index (Phi) is 5.68. The van der Waals surface area contributed by atoms with Crippen molar-refractivity contribution in [1.29, 1.82) is 0 Å². The summed E-state index contributed by atoms with van der Waals surface area (Å²) in [6.07, 6.45) is 6.12. The minimum Gasteiger partial charge on any atom is -0.325 e. The van der Waals surface area contributed by atoms with Crippen molar-refractivity contribution in [3.63, 3.8) is 0 Å². The summed E-state index contributed by atoms with van der Waals surface area (Å²) in [7, 11) is 0. The fourth-order valence-corrected chi connectivity index (χ4v) is 3.85. The van der Waals surface area contributed by atoms with Crippen LogP contribution in [0.25, 0.3) is 0 Å². The van der Waals surface area contributed by atoms with Crippen molar-refractivity contribution in [2.75, 3.05) is 31.5 Å². The van der Waals surface area contributed by atoms with Gasteiger partial charge in [-0.1, -0.05) is 19.1 Å². The summed E-state index contributed by atoms with van der Waals surface area (Å²) < 4.78 is 0. The molecule has 2 heterocycles. The quantitative estimate of drug-likeness (QED) is 0.878. The second-order valence-corrected chi connectivity index (χ2v) is 6.92. The molecule has 1 atom stereocenters. The highest BCUT2D eigenvalue weighted by Gasteiger charge is 2.28. The van der Waals surface area contributed by atoms with Gasteiger partial charge in [0.2, 0.25) is 5.91 Å². The van der Waals surface area contributed by atoms with Gasteiger partial charge in [-0.2, -0.15) is 0 Å². The van der Waals surface area contributed by atoms with E-state index in [-0.39, 0.29) is 5.91 Å². The van der Waals surface area contributed by atoms with E-state index in [1.165, 1.54) is 37.8 Å². The van der Waals surface area contributed by atoms with Crippen molar-refractivity contribution in [2.24, 2.45) is 5.92 Å². The summed E-state index contributed by atoms with van der Waals surface area (Å²) in [5.41, 5.74) is 2.20. The summed E-state index contributed by atoms with van der Waals surface area (Å²) in [6, 6.07) is 8.87. The maximum absolute atomic E-state index is 12.2. The lowest BCUT2D eigenvalue weighted by molar-refractivity contribution is -0.117. The molecule has 23 heavy (non-hydrogen) atoms. The zero-order valence-electron chi connectivity index (χ0n) is 14.2. The van der Waals surface area contributed by atoms with Crippen LogP contribution in [0.5, 0.6) is 0 Å². The molecule has 2 aliphatic heterocycles. The predicted octanol–water partition coefficient (Wildman–Crippen LogP) is 2.65. The van der Waals surface area contributed by atoms with Crippen LogP contribution in [-0.2, 0) is 11.2 Å². The third kappa shape index (κ3) is 4.55. The number of anilines is 1. The van der Waals surface area contributed by atoms with E-state index in [9.17, 15) is 4.79 Å². The van der Waals surface area contributed by atoms with Gasteiger partial charge in [-0.05, 0) is 75.4 Å². The predicted molar refractivity (Wildman–Crippen MR) is 94.6 cm³/mol. The van der Waals surface area contributed by atoms with Crippen molar-refractivity contribution < 1.29 is 4.79 Å². The van der Waals surface area contributed by atoms with E-state index in [1.54, 1.807) is 0 Å². The molecule has 0 radical (unpaired) electrons. The van der Waals surface area contributed by atoms with Gasteiger partial charge in [0, 0.05) is 11.7 Å². The molecule has 1 unspecified atom stereocenters. The molecule has 1 aromatic carbocycles. The Morgan fingerprint density at radius 1 is 1.22 bits per heavy atom. The number of carbonyl (C=O) groups is 1. The summed E-state index contributed by atoms with van der Waals surface area (Å²) in [6.45, 7) is 5.93. The van der Waals surface area contributed by atoms with Crippen LogP contribution in [0.15, 0.2) is 24.3 Å². The zero-order chi connectivity index (χ0) is 16.1. The Morgan fingerprint density at radius 2 is 1.96 bits per heavy atom. The molecule has 2 fully saturated rings. The van der Waals surface area contributed by atoms with Crippen LogP contribution >= 0.6 is 0 Å². The van der Waals surface area contributed by atoms with Crippen LogP contribution < -0.4 is 10.6 Å². The van der Waals surface area contributed by atoms with Gasteiger partial charge < -0.3 is 10.6 Å². The topological polar surface area (TPSA) is 44.4 Å². The first-order valence-corrected chi connectivity index (χ1v) is 9.09. The molecule has 126 valence electrons. The van der Waals surface area contributed by atoms with E-state index >= 15 is 0 Å². The van der Waals surface area contributed by atoms with Gasteiger partial charge in [-0.25, -0.2) is 0 Å². The molecular formula is C19H29N3O. The first-order valence-electron chi connectivity index (χ1n) is 9.09. The Hall–Kier alpha value is -1.39. The van der Waals surface area contributed by atoms with Crippen molar-refractivity contribution in [3.8, 4) is 0 Å². The van der Waals surface area contributed by atoms with Crippen LogP contribution in [0.3, 0.4) is 0 Å². The van der Waals surface area contributed by atoms with E-state index in [4.69, 9.17) is 0 Å². The Bertz CT molecular complexity index is 500. The van der Waals surface area contributed by atoms with E-state index < -0.39 is 0 Å². The SMILES string of the molecule is CCc1ccc(NC(=O)CN2CCC(C3CCCN3)CC2)cc1. The molecule has 2 aliphatic rings. The lowest BCUT2D eigenvalue weighted by Gasteiger charge is -2.34. The van der Waals surface area contributed by atoms with Crippen molar-refractivity contribution in [3.05, 3.63) is 29.8 Å². The summed E-state index contributed by atoms with van der Waals surface area (Å²) in [5, 5.41) is 6.64. The summed E-state index contributed by atoms with van der Waals surface area (Å²) in [5.74, 6) is 0.907. The van der Waals surface area contributed by atoms with Crippen LogP contribution in [-0.4, -0.2) is 43.0 Å². The Balaban J connectivity index is 1.41. The molecule has 0 aromatic heterocycles. The first kappa shape index (κ1) is 16.5. The maximum Gasteiger partial charge on any atom is 0.238 e. The highest BCUT2D eigenvalue weighted by Crippen LogP contribution is 2.25. The third-order valence-electron chi connectivity index (χ3n) is 5.31. The van der Waals surface area contributed by atoms with Gasteiger partial charge in [0.05, 0.1) is 6.54 Å². The molecule has 0 bridgehead atoms. The third-order valence-corrected chi connectivity index (χ3v) is 5.31. The first-order chi connectivity index (χ1) is 11.2. The monoisotopic (exact) mass is 315 g/mol. The van der Waals surface area contributed by atoms with Crippen LogP contribution in [0.4, 0.5) is 5.69 Å². The Morgan fingerprint density at radius 3 is 2.57 bits per heavy atom. The lowest BCUT2D eigenvalue weighted by atomic mass is 9.88. The molecule has 3 rings (SSSR count). The number of carbonyl (C=O) groups excluding carboxylic acids is 1. The van der Waals surface area contributed by atoms with Gasteiger partial charge in [-0.3, -0.25) is 9.69 Å². The van der Waals surface area contributed by atoms with Crippen molar-refractivity contribution in [2.45, 2.75) is 45.1 Å². The van der Waals surface area contributed by atoms with E-state index in [2.05, 4.69) is 34.6 Å². The highest BCUT2D eigenvalue weighted by molar-refractivity contribution is 5.92. The average molecular weight is 315 g/mol. The molecule has 4 nitrogen and oxygen atoms in total. The molecule has 1 aromatic rings. The van der Waals surface area contributed by atoms with Gasteiger partial charge in [0.15, 0.2) is 0 Å². The molecular weight excluding hydrogens is 286 g/mol. The second kappa shape index (κ2) is 7.93. The number of nitrogens with zero attached hydrogens (tertiary/aromatic N) is 1. The molecule has 2 N–H and O–H groups in total. The molecule has 0 spiro atoms. The number of hydrogen-bond acceptors (Lipinski definition) is 3. The average Bonchev–Trinajstić information content (AvgIpc) is 3.11. The largest absolute Gasteiger partial charge is 0.325 e. The molecule has 0 saturated carbocycles. The number of piperidine rings is 1. The Labute approximate surface area is 139 Å². The maximum atomic E-state index is 12.2. The molecule has 0 aliphatic carbocycles. The van der Waals surface area contributed by atoms with E-state index in [0.29, 0.717) is 6.54 Å². The number of likely N-dealkylation sites (tertiary alicyclic amines) is 1. The van der Waals surface area contributed by atoms with E-state index in [0.717, 1.165) is 37.2 Å². The lowest BCUT2D eigenvalue weighted by Crippen LogP contribution is -2.43. The number of aryl methyl sites for hydroxylation is 1. The van der Waals surface area contributed by atoms with E-state index in [1.807, 2.05) is 12.1 Å². The number of rotatable bonds is 5. The minimum absolute atomic E-state index is 0.103. The number of benzene rings is 1. The summed E-state index contributed by atoms with van der Waals surface area (Å²) in [4.78, 5) is 14.5. The van der Waals surface area contributed by atoms with Crippen LogP contribution in [0, 0.1) is 5.92 Å².